The number of nitrogens with zero attached hydrogens (tertiary/aromatic N) is 1. The Balaban J connectivity index is 1.56. The van der Waals surface area contributed by atoms with E-state index in [1.165, 1.54) is 5.56 Å². The van der Waals surface area contributed by atoms with Gasteiger partial charge in [-0.25, -0.2) is 4.79 Å². The van der Waals surface area contributed by atoms with Crippen molar-refractivity contribution in [2.75, 3.05) is 11.9 Å². The number of aryl methyl sites for hydroxylation is 2. The van der Waals surface area contributed by atoms with Gasteiger partial charge in [0.05, 0.1) is 5.56 Å². The first kappa shape index (κ1) is 19.6. The van der Waals surface area contributed by atoms with Crippen LogP contribution in [0.1, 0.15) is 38.2 Å². The van der Waals surface area contributed by atoms with Crippen LogP contribution in [-0.4, -0.2) is 13.0 Å². The zero-order valence-corrected chi connectivity index (χ0v) is 18.8. The Labute approximate surface area is 193 Å². The molecule has 1 atom stereocenters. The molecule has 0 bridgehead atoms. The Bertz CT molecular complexity index is 1420. The van der Waals surface area contributed by atoms with Gasteiger partial charge in [-0.15, -0.1) is 0 Å². The normalized spacial score (nSPS) is 17.6. The molecule has 4 aromatic rings. The fraction of sp³-hybridized carbons (Fsp3) is 0.138. The fourth-order valence-corrected chi connectivity index (χ4v) is 4.90. The van der Waals surface area contributed by atoms with Crippen molar-refractivity contribution in [2.24, 2.45) is 0 Å². The van der Waals surface area contributed by atoms with Gasteiger partial charge in [0.15, 0.2) is 5.60 Å². The standard InChI is InChI=1S/C29H23NO3/c1-18-8-11-20(12-9-18)30(3)21-13-14-24-27(17-21)32-26-15-10-19(2)16-25(26)29(24)23-7-5-4-6-22(23)28(31)33-29/h4-17H,1-3H3. The molecule has 6 rings (SSSR count). The van der Waals surface area contributed by atoms with E-state index in [0.717, 1.165) is 33.6 Å². The van der Waals surface area contributed by atoms with Crippen LogP contribution in [0.3, 0.4) is 0 Å². The summed E-state index contributed by atoms with van der Waals surface area (Å²) in [6, 6.07) is 28.2. The lowest BCUT2D eigenvalue weighted by atomic mass is 9.77. The van der Waals surface area contributed by atoms with Crippen molar-refractivity contribution in [3.8, 4) is 11.5 Å². The third-order valence-electron chi connectivity index (χ3n) is 6.66. The average molecular weight is 434 g/mol. The number of rotatable bonds is 2. The van der Waals surface area contributed by atoms with E-state index in [1.54, 1.807) is 0 Å². The van der Waals surface area contributed by atoms with E-state index in [2.05, 4.69) is 48.2 Å². The molecule has 0 N–H and O–H groups in total. The average Bonchev–Trinajstić information content (AvgIpc) is 3.13. The summed E-state index contributed by atoms with van der Waals surface area (Å²) in [6.45, 7) is 4.11. The highest BCUT2D eigenvalue weighted by Crippen LogP contribution is 2.56. The molecule has 0 fully saturated rings. The van der Waals surface area contributed by atoms with Crippen molar-refractivity contribution in [1.29, 1.82) is 0 Å². The fourth-order valence-electron chi connectivity index (χ4n) is 4.90. The minimum atomic E-state index is -1.02. The summed E-state index contributed by atoms with van der Waals surface area (Å²) in [6.07, 6.45) is 0. The first-order valence-electron chi connectivity index (χ1n) is 11.0. The molecule has 0 saturated heterocycles. The molecule has 33 heavy (non-hydrogen) atoms. The van der Waals surface area contributed by atoms with Crippen LogP contribution in [0.2, 0.25) is 0 Å². The van der Waals surface area contributed by atoms with Gasteiger partial charge in [0.1, 0.15) is 11.5 Å². The first-order chi connectivity index (χ1) is 16.0. The number of fused-ring (bicyclic) bond motifs is 6. The van der Waals surface area contributed by atoms with E-state index in [9.17, 15) is 4.79 Å². The summed E-state index contributed by atoms with van der Waals surface area (Å²) in [5.41, 5.74) is 6.48. The zero-order valence-electron chi connectivity index (χ0n) is 18.8. The highest BCUT2D eigenvalue weighted by atomic mass is 16.6. The smallest absolute Gasteiger partial charge is 0.340 e. The second-order valence-corrected chi connectivity index (χ2v) is 8.79. The van der Waals surface area contributed by atoms with Crippen molar-refractivity contribution in [1.82, 2.24) is 0 Å². The van der Waals surface area contributed by atoms with Crippen molar-refractivity contribution >= 4 is 17.3 Å². The van der Waals surface area contributed by atoms with Crippen LogP contribution in [-0.2, 0) is 10.3 Å². The van der Waals surface area contributed by atoms with E-state index in [0.29, 0.717) is 17.1 Å². The van der Waals surface area contributed by atoms with Gasteiger partial charge in [-0.3, -0.25) is 0 Å². The van der Waals surface area contributed by atoms with E-state index in [1.807, 2.05) is 62.5 Å². The van der Waals surface area contributed by atoms with Crippen LogP contribution >= 0.6 is 0 Å². The summed E-state index contributed by atoms with van der Waals surface area (Å²) >= 11 is 0. The van der Waals surface area contributed by atoms with Crippen LogP contribution in [0.4, 0.5) is 11.4 Å². The van der Waals surface area contributed by atoms with E-state index >= 15 is 0 Å². The van der Waals surface area contributed by atoms with E-state index in [-0.39, 0.29) is 5.97 Å². The highest BCUT2D eigenvalue weighted by molar-refractivity contribution is 5.97. The van der Waals surface area contributed by atoms with Crippen LogP contribution in [0.15, 0.2) is 84.9 Å². The Morgan fingerprint density at radius 3 is 2.24 bits per heavy atom. The maximum Gasteiger partial charge on any atom is 0.340 e. The van der Waals surface area contributed by atoms with E-state index < -0.39 is 5.60 Å². The van der Waals surface area contributed by atoms with Crippen LogP contribution in [0, 0.1) is 13.8 Å². The summed E-state index contributed by atoms with van der Waals surface area (Å²) in [5.74, 6) is 1.08. The van der Waals surface area contributed by atoms with Gasteiger partial charge in [-0.05, 0) is 56.3 Å². The molecule has 1 unspecified atom stereocenters. The lowest BCUT2D eigenvalue weighted by molar-refractivity contribution is 0.0224. The van der Waals surface area contributed by atoms with Crippen molar-refractivity contribution in [2.45, 2.75) is 19.4 Å². The number of benzene rings is 4. The van der Waals surface area contributed by atoms with Crippen molar-refractivity contribution in [3.63, 3.8) is 0 Å². The number of hydrogen-bond donors (Lipinski definition) is 0. The molecule has 2 aliphatic rings. The lowest BCUT2D eigenvalue weighted by Gasteiger charge is -2.37. The van der Waals surface area contributed by atoms with Gasteiger partial charge in [-0.1, -0.05) is 47.5 Å². The molecule has 0 aromatic heterocycles. The Morgan fingerprint density at radius 2 is 1.42 bits per heavy atom. The van der Waals surface area contributed by atoms with Gasteiger partial charge in [0.25, 0.3) is 0 Å². The summed E-state index contributed by atoms with van der Waals surface area (Å²) in [4.78, 5) is 15.1. The third kappa shape index (κ3) is 2.80. The Hall–Kier alpha value is -4.05. The second kappa shape index (κ2) is 6.97. The lowest BCUT2D eigenvalue weighted by Crippen LogP contribution is -2.33. The maximum atomic E-state index is 13.0. The SMILES string of the molecule is Cc1ccc(N(C)c2ccc3c(c2)Oc2ccc(C)cc2C32OC(=O)c3ccccc32)cc1. The molecular weight excluding hydrogens is 410 g/mol. The molecule has 4 aromatic carbocycles. The van der Waals surface area contributed by atoms with Gasteiger partial charge in [0, 0.05) is 41.2 Å². The number of anilines is 2. The van der Waals surface area contributed by atoms with Crippen LogP contribution < -0.4 is 9.64 Å². The summed E-state index contributed by atoms with van der Waals surface area (Å²) < 4.78 is 12.6. The molecule has 4 nitrogen and oxygen atoms in total. The largest absolute Gasteiger partial charge is 0.456 e. The Morgan fingerprint density at radius 1 is 0.697 bits per heavy atom. The zero-order chi connectivity index (χ0) is 22.7. The third-order valence-corrected chi connectivity index (χ3v) is 6.66. The molecule has 0 amide bonds. The number of carbonyl (C=O) groups excluding carboxylic acids is 1. The maximum absolute atomic E-state index is 13.0. The number of esters is 1. The minimum absolute atomic E-state index is 0.313. The number of ether oxygens (including phenoxy) is 2. The van der Waals surface area contributed by atoms with Crippen molar-refractivity contribution in [3.05, 3.63) is 118 Å². The van der Waals surface area contributed by atoms with Gasteiger partial charge >= 0.3 is 5.97 Å². The first-order valence-corrected chi connectivity index (χ1v) is 11.0. The second-order valence-electron chi connectivity index (χ2n) is 8.79. The summed E-state index contributed by atoms with van der Waals surface area (Å²) in [5, 5.41) is 0. The van der Waals surface area contributed by atoms with Gasteiger partial charge < -0.3 is 14.4 Å². The Kier molecular flexibility index (Phi) is 4.15. The molecule has 0 radical (unpaired) electrons. The predicted octanol–water partition coefficient (Wildman–Crippen LogP) is 6.64. The van der Waals surface area contributed by atoms with Crippen LogP contribution in [0.25, 0.3) is 0 Å². The molecule has 0 saturated carbocycles. The molecule has 1 spiro atoms. The number of carbonyl (C=O) groups is 1. The van der Waals surface area contributed by atoms with Crippen molar-refractivity contribution < 1.29 is 14.3 Å². The molecule has 4 heteroatoms. The van der Waals surface area contributed by atoms with Gasteiger partial charge in [-0.2, -0.15) is 0 Å². The molecule has 0 aliphatic carbocycles. The summed E-state index contributed by atoms with van der Waals surface area (Å²) in [7, 11) is 2.03. The highest BCUT2D eigenvalue weighted by Gasteiger charge is 2.53. The van der Waals surface area contributed by atoms with Crippen LogP contribution in [0.5, 0.6) is 11.5 Å². The minimum Gasteiger partial charge on any atom is -0.456 e. The molecular formula is C29H23NO3. The van der Waals surface area contributed by atoms with Gasteiger partial charge in [0.2, 0.25) is 0 Å². The predicted molar refractivity (Wildman–Crippen MR) is 129 cm³/mol. The molecule has 162 valence electrons. The quantitative estimate of drug-likeness (QED) is 0.332. The number of hydrogen-bond acceptors (Lipinski definition) is 4. The topological polar surface area (TPSA) is 38.8 Å². The molecule has 2 aliphatic heterocycles. The monoisotopic (exact) mass is 433 g/mol. The van der Waals surface area contributed by atoms with E-state index in [4.69, 9.17) is 9.47 Å². The molecule has 2 heterocycles.